The molecule has 0 aromatic carbocycles. The summed E-state index contributed by atoms with van der Waals surface area (Å²) in [6.07, 6.45) is 4.38. The number of hydrogen-bond acceptors (Lipinski definition) is 5. The second kappa shape index (κ2) is 4.32. The van der Waals surface area contributed by atoms with Crippen molar-refractivity contribution in [2.24, 2.45) is 5.92 Å². The second-order valence-corrected chi connectivity index (χ2v) is 5.31. The lowest BCUT2D eigenvalue weighted by Gasteiger charge is -1.96. The average molecular weight is 242 g/mol. The summed E-state index contributed by atoms with van der Waals surface area (Å²) in [6.45, 7) is 0. The maximum absolute atomic E-state index is 11.8. The van der Waals surface area contributed by atoms with Crippen molar-refractivity contribution >= 4 is 41.1 Å². The minimum Gasteiger partial charge on any atom is -0.312 e. The highest BCUT2D eigenvalue weighted by atomic mass is 32.2. The molecule has 1 saturated carbocycles. The minimum atomic E-state index is 0.122. The molecule has 0 aliphatic heterocycles. The zero-order chi connectivity index (χ0) is 10.8. The Labute approximate surface area is 95.5 Å². The van der Waals surface area contributed by atoms with Crippen LogP contribution in [0.1, 0.15) is 22.5 Å². The third-order valence-electron chi connectivity index (χ3n) is 2.15. The van der Waals surface area contributed by atoms with Crippen LogP contribution in [0.25, 0.3) is 0 Å². The van der Waals surface area contributed by atoms with Gasteiger partial charge in [-0.15, -0.1) is 11.3 Å². The molecule has 6 heteroatoms. The van der Waals surface area contributed by atoms with E-state index in [2.05, 4.69) is 10.3 Å². The molecular weight excluding hydrogens is 232 g/mol. The van der Waals surface area contributed by atoms with Gasteiger partial charge in [-0.1, -0.05) is 11.8 Å². The summed E-state index contributed by atoms with van der Waals surface area (Å²) in [4.78, 5) is 27.0. The van der Waals surface area contributed by atoms with Crippen LogP contribution in [0, 0.1) is 5.92 Å². The van der Waals surface area contributed by atoms with Crippen LogP contribution < -0.4 is 5.32 Å². The number of nitrogens with zero attached hydrogens (tertiary/aromatic N) is 1. The van der Waals surface area contributed by atoms with Crippen molar-refractivity contribution in [3.8, 4) is 0 Å². The van der Waals surface area contributed by atoms with Crippen molar-refractivity contribution in [1.82, 2.24) is 4.98 Å². The van der Waals surface area contributed by atoms with Gasteiger partial charge in [0.15, 0.2) is 15.9 Å². The maximum atomic E-state index is 11.8. The maximum Gasteiger partial charge on any atom is 0.212 e. The minimum absolute atomic E-state index is 0.122. The van der Waals surface area contributed by atoms with Gasteiger partial charge in [0.05, 0.1) is 0 Å². The normalized spacial score (nSPS) is 15.0. The monoisotopic (exact) mass is 242 g/mol. The van der Waals surface area contributed by atoms with Gasteiger partial charge in [0.25, 0.3) is 0 Å². The molecular formula is C9H10N2O2S2. The summed E-state index contributed by atoms with van der Waals surface area (Å²) in [5, 5.41) is 2.48. The zero-order valence-electron chi connectivity index (χ0n) is 8.15. The van der Waals surface area contributed by atoms with E-state index >= 15 is 0 Å². The Hall–Kier alpha value is -0.880. The SMILES string of the molecule is CSc1nc(NC=O)c(C(=O)C2CC2)s1. The first-order valence-electron chi connectivity index (χ1n) is 4.55. The van der Waals surface area contributed by atoms with E-state index in [0.29, 0.717) is 17.1 Å². The van der Waals surface area contributed by atoms with E-state index in [9.17, 15) is 9.59 Å². The van der Waals surface area contributed by atoms with Crippen LogP contribution in [-0.4, -0.2) is 23.4 Å². The molecule has 80 valence electrons. The Morgan fingerprint density at radius 2 is 2.40 bits per heavy atom. The predicted octanol–water partition coefficient (Wildman–Crippen LogP) is 2.03. The van der Waals surface area contributed by atoms with Crippen molar-refractivity contribution in [3.05, 3.63) is 4.88 Å². The molecule has 0 saturated heterocycles. The first kappa shape index (κ1) is 10.6. The smallest absolute Gasteiger partial charge is 0.212 e. The van der Waals surface area contributed by atoms with Gasteiger partial charge < -0.3 is 5.32 Å². The Balaban J connectivity index is 2.29. The fraction of sp³-hybridized carbons (Fsp3) is 0.444. The summed E-state index contributed by atoms with van der Waals surface area (Å²) in [5.74, 6) is 0.695. The number of hydrogen-bond donors (Lipinski definition) is 1. The van der Waals surface area contributed by atoms with Crippen molar-refractivity contribution in [2.45, 2.75) is 17.2 Å². The van der Waals surface area contributed by atoms with Gasteiger partial charge in [-0.2, -0.15) is 0 Å². The first-order chi connectivity index (χ1) is 7.26. The Bertz CT molecular complexity index is 399. The van der Waals surface area contributed by atoms with E-state index in [4.69, 9.17) is 0 Å². The first-order valence-corrected chi connectivity index (χ1v) is 6.59. The fourth-order valence-corrected chi connectivity index (χ4v) is 2.79. The van der Waals surface area contributed by atoms with Gasteiger partial charge in [-0.3, -0.25) is 9.59 Å². The molecule has 0 unspecified atom stereocenters. The topological polar surface area (TPSA) is 59.1 Å². The van der Waals surface area contributed by atoms with Crippen molar-refractivity contribution in [3.63, 3.8) is 0 Å². The molecule has 0 atom stereocenters. The third-order valence-corrected chi connectivity index (χ3v) is 4.20. The van der Waals surface area contributed by atoms with Crippen molar-refractivity contribution in [1.29, 1.82) is 0 Å². The summed E-state index contributed by atoms with van der Waals surface area (Å²) in [5.41, 5.74) is 0. The van der Waals surface area contributed by atoms with E-state index in [1.807, 2.05) is 6.26 Å². The highest BCUT2D eigenvalue weighted by Gasteiger charge is 2.33. The van der Waals surface area contributed by atoms with E-state index in [1.54, 1.807) is 0 Å². The number of aromatic nitrogens is 1. The lowest BCUT2D eigenvalue weighted by atomic mass is 10.2. The van der Waals surface area contributed by atoms with Crippen LogP contribution in [0.15, 0.2) is 4.34 Å². The third kappa shape index (κ3) is 2.21. The van der Waals surface area contributed by atoms with E-state index in [-0.39, 0.29) is 11.7 Å². The van der Waals surface area contributed by atoms with Crippen LogP contribution in [0.4, 0.5) is 5.82 Å². The quantitative estimate of drug-likeness (QED) is 0.487. The number of carbonyl (C=O) groups excluding carboxylic acids is 2. The molecule has 4 nitrogen and oxygen atoms in total. The number of thiazole rings is 1. The zero-order valence-corrected chi connectivity index (χ0v) is 9.78. The molecule has 2 rings (SSSR count). The van der Waals surface area contributed by atoms with Gasteiger partial charge in [-0.25, -0.2) is 4.98 Å². The van der Waals surface area contributed by atoms with Crippen LogP contribution in [0.3, 0.4) is 0 Å². The van der Waals surface area contributed by atoms with Gasteiger partial charge >= 0.3 is 0 Å². The number of rotatable bonds is 5. The van der Waals surface area contributed by atoms with E-state index < -0.39 is 0 Å². The largest absolute Gasteiger partial charge is 0.312 e. The van der Waals surface area contributed by atoms with E-state index in [1.165, 1.54) is 23.1 Å². The fourth-order valence-electron chi connectivity index (χ4n) is 1.24. The Kier molecular flexibility index (Phi) is 3.06. The van der Waals surface area contributed by atoms with Gasteiger partial charge in [0.1, 0.15) is 4.88 Å². The van der Waals surface area contributed by atoms with Crippen molar-refractivity contribution in [2.75, 3.05) is 11.6 Å². The average Bonchev–Trinajstić information content (AvgIpc) is 3.00. The molecule has 1 amide bonds. The highest BCUT2D eigenvalue weighted by Crippen LogP contribution is 2.38. The standard InChI is InChI=1S/C9H10N2O2S2/c1-14-9-11-8(10-4-12)7(15-9)6(13)5-2-3-5/h4-5H,2-3H2,1H3,(H,10,12). The number of Topliss-reactive ketones (excluding diaryl/α,β-unsaturated/α-hetero) is 1. The van der Waals surface area contributed by atoms with Crippen LogP contribution in [-0.2, 0) is 4.79 Å². The lowest BCUT2D eigenvalue weighted by molar-refractivity contribution is -0.105. The van der Waals surface area contributed by atoms with Gasteiger partial charge in [0.2, 0.25) is 6.41 Å². The van der Waals surface area contributed by atoms with E-state index in [0.717, 1.165) is 17.2 Å². The molecule has 0 spiro atoms. The number of carbonyl (C=O) groups is 2. The molecule has 1 N–H and O–H groups in total. The van der Waals surface area contributed by atoms with Gasteiger partial charge in [-0.05, 0) is 19.1 Å². The number of amides is 1. The van der Waals surface area contributed by atoms with Crippen LogP contribution >= 0.6 is 23.1 Å². The van der Waals surface area contributed by atoms with Crippen molar-refractivity contribution < 1.29 is 9.59 Å². The highest BCUT2D eigenvalue weighted by molar-refractivity contribution is 8.00. The Morgan fingerprint density at radius 3 is 2.93 bits per heavy atom. The molecule has 1 aromatic rings. The summed E-state index contributed by atoms with van der Waals surface area (Å²) in [6, 6.07) is 0. The second-order valence-electron chi connectivity index (χ2n) is 3.26. The molecule has 1 fully saturated rings. The molecule has 1 heterocycles. The molecule has 1 aliphatic rings. The van der Waals surface area contributed by atoms with Crippen LogP contribution in [0.2, 0.25) is 0 Å². The van der Waals surface area contributed by atoms with Gasteiger partial charge in [0, 0.05) is 5.92 Å². The number of nitrogens with one attached hydrogen (secondary N) is 1. The summed E-state index contributed by atoms with van der Waals surface area (Å²) >= 11 is 2.84. The Morgan fingerprint density at radius 1 is 1.67 bits per heavy atom. The molecule has 1 aliphatic carbocycles. The molecule has 1 aromatic heterocycles. The summed E-state index contributed by atoms with van der Waals surface area (Å²) < 4.78 is 0.809. The number of ketones is 1. The molecule has 15 heavy (non-hydrogen) atoms. The number of anilines is 1. The lowest BCUT2D eigenvalue weighted by Crippen LogP contribution is -2.04. The summed E-state index contributed by atoms with van der Waals surface area (Å²) in [7, 11) is 0. The predicted molar refractivity (Wildman–Crippen MR) is 60.6 cm³/mol. The molecule has 0 bridgehead atoms. The number of thioether (sulfide) groups is 1. The molecule has 0 radical (unpaired) electrons. The van der Waals surface area contributed by atoms with Crippen LogP contribution in [0.5, 0.6) is 0 Å².